The minimum Gasteiger partial charge on any atom is -0.500 e. The van der Waals surface area contributed by atoms with Crippen LogP contribution in [0, 0.1) is 0 Å². The standard InChI is InChI=1S/C12H15NOS/c1-9(14-2)11-8-15-12(13-11)10-6-4-3-5-7-10/h3-7,11-13H,1,8H2,2H3/t11-,12+/m0/s1. The third-order valence-electron chi connectivity index (χ3n) is 2.54. The van der Waals surface area contributed by atoms with E-state index in [2.05, 4.69) is 36.2 Å². The molecule has 1 heterocycles. The summed E-state index contributed by atoms with van der Waals surface area (Å²) in [5.41, 5.74) is 1.31. The molecular formula is C12H15NOS. The van der Waals surface area contributed by atoms with Crippen LogP contribution in [0.2, 0.25) is 0 Å². The van der Waals surface area contributed by atoms with Gasteiger partial charge in [0.05, 0.1) is 18.5 Å². The lowest BCUT2D eigenvalue weighted by atomic mass is 10.2. The molecule has 0 radical (unpaired) electrons. The van der Waals surface area contributed by atoms with E-state index in [1.54, 1.807) is 7.11 Å². The highest BCUT2D eigenvalue weighted by atomic mass is 32.2. The lowest BCUT2D eigenvalue weighted by molar-refractivity contribution is 0.261. The number of rotatable bonds is 3. The van der Waals surface area contributed by atoms with Crippen molar-refractivity contribution in [1.82, 2.24) is 5.32 Å². The van der Waals surface area contributed by atoms with Crippen molar-refractivity contribution in [3.05, 3.63) is 48.2 Å². The number of ether oxygens (including phenoxy) is 1. The van der Waals surface area contributed by atoms with E-state index in [0.29, 0.717) is 5.37 Å². The fourth-order valence-corrected chi connectivity index (χ4v) is 2.90. The summed E-state index contributed by atoms with van der Waals surface area (Å²) < 4.78 is 5.15. The molecule has 15 heavy (non-hydrogen) atoms. The number of nitrogens with one attached hydrogen (secondary N) is 1. The molecule has 3 heteroatoms. The van der Waals surface area contributed by atoms with Gasteiger partial charge in [0, 0.05) is 5.75 Å². The Hall–Kier alpha value is -0.930. The molecule has 0 spiro atoms. The van der Waals surface area contributed by atoms with Crippen LogP contribution in [0.5, 0.6) is 0 Å². The third kappa shape index (κ3) is 2.36. The van der Waals surface area contributed by atoms with Gasteiger partial charge < -0.3 is 4.74 Å². The second-order valence-corrected chi connectivity index (χ2v) is 4.65. The predicted octanol–water partition coefficient (Wildman–Crippen LogP) is 2.55. The Morgan fingerprint density at radius 3 is 2.87 bits per heavy atom. The third-order valence-corrected chi connectivity index (χ3v) is 3.80. The van der Waals surface area contributed by atoms with Gasteiger partial charge in [-0.3, -0.25) is 5.32 Å². The molecule has 80 valence electrons. The van der Waals surface area contributed by atoms with Crippen molar-refractivity contribution in [3.8, 4) is 0 Å². The Morgan fingerprint density at radius 1 is 1.47 bits per heavy atom. The summed E-state index contributed by atoms with van der Waals surface area (Å²) in [4.78, 5) is 0. The molecule has 0 bridgehead atoms. The molecular weight excluding hydrogens is 206 g/mol. The second kappa shape index (κ2) is 4.73. The van der Waals surface area contributed by atoms with Gasteiger partial charge in [-0.15, -0.1) is 11.8 Å². The summed E-state index contributed by atoms with van der Waals surface area (Å²) in [5, 5.41) is 3.86. The Labute approximate surface area is 94.7 Å². The van der Waals surface area contributed by atoms with Gasteiger partial charge in [-0.25, -0.2) is 0 Å². The summed E-state index contributed by atoms with van der Waals surface area (Å²) in [7, 11) is 1.67. The number of hydrogen-bond donors (Lipinski definition) is 1. The van der Waals surface area contributed by atoms with Gasteiger partial charge >= 0.3 is 0 Å². The van der Waals surface area contributed by atoms with E-state index >= 15 is 0 Å². The fourth-order valence-electron chi connectivity index (χ4n) is 1.62. The maximum atomic E-state index is 5.15. The van der Waals surface area contributed by atoms with Gasteiger partial charge in [-0.05, 0) is 5.56 Å². The first-order chi connectivity index (χ1) is 7.31. The number of hydrogen-bond acceptors (Lipinski definition) is 3. The van der Waals surface area contributed by atoms with Crippen LogP contribution in [0.25, 0.3) is 0 Å². The molecule has 0 aliphatic carbocycles. The largest absolute Gasteiger partial charge is 0.500 e. The first kappa shape index (κ1) is 10.6. The van der Waals surface area contributed by atoms with Crippen LogP contribution in [0.3, 0.4) is 0 Å². The van der Waals surface area contributed by atoms with Crippen LogP contribution < -0.4 is 5.32 Å². The lowest BCUT2D eigenvalue weighted by Crippen LogP contribution is -2.28. The summed E-state index contributed by atoms with van der Waals surface area (Å²) >= 11 is 1.90. The summed E-state index contributed by atoms with van der Waals surface area (Å²) in [5.74, 6) is 1.84. The van der Waals surface area contributed by atoms with Crippen LogP contribution in [0.4, 0.5) is 0 Å². The van der Waals surface area contributed by atoms with Crippen molar-refractivity contribution in [2.75, 3.05) is 12.9 Å². The maximum absolute atomic E-state index is 5.15. The molecule has 1 N–H and O–H groups in total. The van der Waals surface area contributed by atoms with Gasteiger partial charge in [-0.1, -0.05) is 36.9 Å². The zero-order chi connectivity index (χ0) is 10.7. The molecule has 2 atom stereocenters. The molecule has 1 aliphatic heterocycles. The first-order valence-electron chi connectivity index (χ1n) is 4.96. The maximum Gasteiger partial charge on any atom is 0.106 e. The number of benzene rings is 1. The molecule has 1 aromatic rings. The summed E-state index contributed by atoms with van der Waals surface area (Å²) in [6, 6.07) is 10.7. The van der Waals surface area contributed by atoms with Crippen LogP contribution in [-0.4, -0.2) is 18.9 Å². The van der Waals surface area contributed by atoms with Crippen molar-refractivity contribution in [2.45, 2.75) is 11.4 Å². The van der Waals surface area contributed by atoms with Gasteiger partial charge in [-0.2, -0.15) is 0 Å². The van der Waals surface area contributed by atoms with Gasteiger partial charge in [0.1, 0.15) is 5.76 Å². The van der Waals surface area contributed by atoms with E-state index in [4.69, 9.17) is 4.74 Å². The molecule has 0 unspecified atom stereocenters. The van der Waals surface area contributed by atoms with E-state index in [0.717, 1.165) is 11.5 Å². The van der Waals surface area contributed by atoms with Crippen LogP contribution in [0.15, 0.2) is 42.7 Å². The van der Waals surface area contributed by atoms with Crippen molar-refractivity contribution in [1.29, 1.82) is 0 Å². The van der Waals surface area contributed by atoms with E-state index in [9.17, 15) is 0 Å². The Balaban J connectivity index is 2.02. The molecule has 0 saturated carbocycles. The highest BCUT2D eigenvalue weighted by molar-refractivity contribution is 7.99. The number of methoxy groups -OCH3 is 1. The van der Waals surface area contributed by atoms with E-state index in [1.807, 2.05) is 17.8 Å². The van der Waals surface area contributed by atoms with E-state index in [1.165, 1.54) is 5.56 Å². The van der Waals surface area contributed by atoms with Crippen molar-refractivity contribution in [3.63, 3.8) is 0 Å². The Morgan fingerprint density at radius 2 is 2.20 bits per heavy atom. The average molecular weight is 221 g/mol. The molecule has 1 aromatic carbocycles. The first-order valence-corrected chi connectivity index (χ1v) is 6.01. The zero-order valence-corrected chi connectivity index (χ0v) is 9.59. The molecule has 0 aromatic heterocycles. The Bertz CT molecular complexity index is 339. The minimum atomic E-state index is 0.269. The molecule has 1 fully saturated rings. The second-order valence-electron chi connectivity index (χ2n) is 3.51. The normalized spacial score (nSPS) is 25.1. The lowest BCUT2D eigenvalue weighted by Gasteiger charge is -2.14. The van der Waals surface area contributed by atoms with E-state index in [-0.39, 0.29) is 6.04 Å². The van der Waals surface area contributed by atoms with Crippen molar-refractivity contribution in [2.24, 2.45) is 0 Å². The summed E-state index contributed by atoms with van der Waals surface area (Å²) in [6.45, 7) is 3.89. The van der Waals surface area contributed by atoms with Crippen LogP contribution in [0.1, 0.15) is 10.9 Å². The van der Waals surface area contributed by atoms with Crippen LogP contribution >= 0.6 is 11.8 Å². The van der Waals surface area contributed by atoms with E-state index < -0.39 is 0 Å². The van der Waals surface area contributed by atoms with Crippen molar-refractivity contribution >= 4 is 11.8 Å². The molecule has 1 saturated heterocycles. The monoisotopic (exact) mass is 221 g/mol. The van der Waals surface area contributed by atoms with Gasteiger partial charge in [0.2, 0.25) is 0 Å². The SMILES string of the molecule is C=C(OC)[C@@H]1CS[C@H](c2ccccc2)N1. The molecule has 1 aliphatic rings. The van der Waals surface area contributed by atoms with Gasteiger partial charge in [0.25, 0.3) is 0 Å². The molecule has 2 nitrogen and oxygen atoms in total. The minimum absolute atomic E-state index is 0.269. The average Bonchev–Trinajstić information content (AvgIpc) is 2.78. The molecule has 2 rings (SSSR count). The van der Waals surface area contributed by atoms with Crippen molar-refractivity contribution < 1.29 is 4.74 Å². The summed E-state index contributed by atoms with van der Waals surface area (Å²) in [6.07, 6.45) is 0. The smallest absolute Gasteiger partial charge is 0.106 e. The Kier molecular flexibility index (Phi) is 3.34. The quantitative estimate of drug-likeness (QED) is 0.793. The highest BCUT2D eigenvalue weighted by Gasteiger charge is 2.27. The molecule has 0 amide bonds. The van der Waals surface area contributed by atoms with Gasteiger partial charge in [0.15, 0.2) is 0 Å². The highest BCUT2D eigenvalue weighted by Crippen LogP contribution is 2.34. The topological polar surface area (TPSA) is 21.3 Å². The van der Waals surface area contributed by atoms with Crippen LogP contribution in [-0.2, 0) is 4.74 Å². The zero-order valence-electron chi connectivity index (χ0n) is 8.77. The predicted molar refractivity (Wildman–Crippen MR) is 64.7 cm³/mol. The number of thioether (sulfide) groups is 1. The fraction of sp³-hybridized carbons (Fsp3) is 0.333.